The molecule has 0 bridgehead atoms. The second-order valence-corrected chi connectivity index (χ2v) is 3.06. The highest BCUT2D eigenvalue weighted by atomic mass is 15.3. The van der Waals surface area contributed by atoms with Crippen LogP contribution in [0.3, 0.4) is 0 Å². The normalized spacial score (nSPS) is 32.6. The quantitative estimate of drug-likeness (QED) is 0.484. The lowest BCUT2D eigenvalue weighted by atomic mass is 10.2. The molecule has 0 aromatic rings. The monoisotopic (exact) mass is 111 g/mol. The van der Waals surface area contributed by atoms with Crippen molar-refractivity contribution in [2.75, 3.05) is 13.1 Å². The predicted molar refractivity (Wildman–Crippen MR) is 33.8 cm³/mol. The summed E-state index contributed by atoms with van der Waals surface area (Å²) >= 11 is 0. The molecule has 0 aromatic heterocycles. The Labute approximate surface area is 50.7 Å². The van der Waals surface area contributed by atoms with Crippen LogP contribution >= 0.6 is 0 Å². The fourth-order valence-corrected chi connectivity index (χ4v) is 1.56. The number of rotatable bonds is 2. The van der Waals surface area contributed by atoms with Gasteiger partial charge >= 0.3 is 0 Å². The molecule has 46 valence electrons. The summed E-state index contributed by atoms with van der Waals surface area (Å²) in [4.78, 5) is 2.60. The molecule has 2 fully saturated rings. The van der Waals surface area contributed by atoms with Crippen LogP contribution < -0.4 is 0 Å². The fraction of sp³-hybridized carbons (Fsp3) is 1.00. The van der Waals surface area contributed by atoms with E-state index in [4.69, 9.17) is 0 Å². The van der Waals surface area contributed by atoms with Crippen molar-refractivity contribution in [3.05, 3.63) is 0 Å². The van der Waals surface area contributed by atoms with Gasteiger partial charge in [-0.2, -0.15) is 0 Å². The third-order valence-corrected chi connectivity index (χ3v) is 2.60. The molecule has 8 heavy (non-hydrogen) atoms. The van der Waals surface area contributed by atoms with Crippen LogP contribution in [0.15, 0.2) is 0 Å². The molecule has 1 heterocycles. The van der Waals surface area contributed by atoms with Gasteiger partial charge in [0, 0.05) is 18.6 Å². The molecule has 0 radical (unpaired) electrons. The van der Waals surface area contributed by atoms with E-state index < -0.39 is 0 Å². The fourth-order valence-electron chi connectivity index (χ4n) is 1.56. The molecule has 1 nitrogen and oxygen atoms in total. The summed E-state index contributed by atoms with van der Waals surface area (Å²) in [7, 11) is 0. The molecular formula is C7H13N. The van der Waals surface area contributed by atoms with Crippen molar-refractivity contribution in [1.82, 2.24) is 4.90 Å². The largest absolute Gasteiger partial charge is 0.295 e. The van der Waals surface area contributed by atoms with Gasteiger partial charge in [0.25, 0.3) is 0 Å². The van der Waals surface area contributed by atoms with Gasteiger partial charge in [0.15, 0.2) is 0 Å². The second-order valence-electron chi connectivity index (χ2n) is 3.06. The minimum Gasteiger partial charge on any atom is -0.295 e. The first-order chi connectivity index (χ1) is 3.87. The lowest BCUT2D eigenvalue weighted by molar-refractivity contribution is 0.365. The van der Waals surface area contributed by atoms with Gasteiger partial charge in [-0.15, -0.1) is 0 Å². The van der Waals surface area contributed by atoms with E-state index in [0.29, 0.717) is 0 Å². The van der Waals surface area contributed by atoms with Crippen molar-refractivity contribution in [2.45, 2.75) is 31.7 Å². The predicted octanol–water partition coefficient (Wildman–Crippen LogP) is 1.24. The van der Waals surface area contributed by atoms with Crippen LogP contribution in [-0.2, 0) is 0 Å². The van der Waals surface area contributed by atoms with Gasteiger partial charge in [0.2, 0.25) is 0 Å². The van der Waals surface area contributed by atoms with Gasteiger partial charge in [0.05, 0.1) is 0 Å². The molecule has 0 atom stereocenters. The molecule has 1 saturated carbocycles. The molecule has 1 aliphatic carbocycles. The van der Waals surface area contributed by atoms with Gasteiger partial charge in [-0.1, -0.05) is 6.92 Å². The Morgan fingerprint density at radius 1 is 1.38 bits per heavy atom. The highest BCUT2D eigenvalue weighted by Crippen LogP contribution is 2.47. The van der Waals surface area contributed by atoms with Crippen LogP contribution in [0.25, 0.3) is 0 Å². The summed E-state index contributed by atoms with van der Waals surface area (Å²) in [5, 5.41) is 0. The second kappa shape index (κ2) is 1.27. The van der Waals surface area contributed by atoms with Crippen LogP contribution in [0.2, 0.25) is 0 Å². The highest BCUT2D eigenvalue weighted by molar-refractivity contribution is 5.07. The molecule has 1 saturated heterocycles. The SMILES string of the molecule is CCC1(N2CC2)CC1. The number of hydrogen-bond donors (Lipinski definition) is 0. The summed E-state index contributed by atoms with van der Waals surface area (Å²) in [5.41, 5.74) is 0.736. The van der Waals surface area contributed by atoms with Gasteiger partial charge in [-0.25, -0.2) is 0 Å². The van der Waals surface area contributed by atoms with E-state index in [9.17, 15) is 0 Å². The standard InChI is InChI=1S/C7H13N/c1-2-7(3-4-7)8-5-6-8/h2-6H2,1H3. The summed E-state index contributed by atoms with van der Waals surface area (Å²) in [5.74, 6) is 0. The Morgan fingerprint density at radius 2 is 2.00 bits per heavy atom. The van der Waals surface area contributed by atoms with E-state index in [2.05, 4.69) is 11.8 Å². The minimum absolute atomic E-state index is 0.736. The van der Waals surface area contributed by atoms with E-state index in [0.717, 1.165) is 5.54 Å². The van der Waals surface area contributed by atoms with Crippen LogP contribution in [0.5, 0.6) is 0 Å². The van der Waals surface area contributed by atoms with Crippen molar-refractivity contribution in [3.8, 4) is 0 Å². The molecule has 0 N–H and O–H groups in total. The topological polar surface area (TPSA) is 3.01 Å². The first kappa shape index (κ1) is 4.80. The van der Waals surface area contributed by atoms with Gasteiger partial charge in [-0.3, -0.25) is 4.90 Å². The third-order valence-electron chi connectivity index (χ3n) is 2.60. The highest BCUT2D eigenvalue weighted by Gasteiger charge is 2.50. The van der Waals surface area contributed by atoms with Crippen LogP contribution in [0.1, 0.15) is 26.2 Å². The van der Waals surface area contributed by atoms with Crippen LogP contribution in [0.4, 0.5) is 0 Å². The Hall–Kier alpha value is -0.0400. The van der Waals surface area contributed by atoms with E-state index >= 15 is 0 Å². The molecule has 1 aliphatic heterocycles. The van der Waals surface area contributed by atoms with E-state index in [-0.39, 0.29) is 0 Å². The molecule has 0 amide bonds. The Bertz CT molecular complexity index is 101. The molecular weight excluding hydrogens is 98.1 g/mol. The van der Waals surface area contributed by atoms with Crippen molar-refractivity contribution in [1.29, 1.82) is 0 Å². The summed E-state index contributed by atoms with van der Waals surface area (Å²) < 4.78 is 0. The van der Waals surface area contributed by atoms with Crippen LogP contribution in [-0.4, -0.2) is 23.5 Å². The maximum Gasteiger partial charge on any atom is 0.0209 e. The zero-order valence-corrected chi connectivity index (χ0v) is 5.48. The molecule has 0 aromatic carbocycles. The van der Waals surface area contributed by atoms with E-state index in [1.807, 2.05) is 0 Å². The first-order valence-corrected chi connectivity index (χ1v) is 3.62. The lowest BCUT2D eigenvalue weighted by Gasteiger charge is -2.11. The zero-order chi connectivity index (χ0) is 5.61. The Morgan fingerprint density at radius 3 is 2.12 bits per heavy atom. The summed E-state index contributed by atoms with van der Waals surface area (Å²) in [6, 6.07) is 0. The maximum atomic E-state index is 2.60. The molecule has 1 heteroatoms. The van der Waals surface area contributed by atoms with Crippen molar-refractivity contribution in [2.24, 2.45) is 0 Å². The van der Waals surface area contributed by atoms with Gasteiger partial charge in [0.1, 0.15) is 0 Å². The molecule has 2 rings (SSSR count). The maximum absolute atomic E-state index is 2.60. The summed E-state index contributed by atoms with van der Waals surface area (Å²) in [6.07, 6.45) is 4.33. The zero-order valence-electron chi connectivity index (χ0n) is 5.48. The number of hydrogen-bond acceptors (Lipinski definition) is 1. The van der Waals surface area contributed by atoms with Crippen molar-refractivity contribution < 1.29 is 0 Å². The first-order valence-electron chi connectivity index (χ1n) is 3.62. The van der Waals surface area contributed by atoms with Gasteiger partial charge < -0.3 is 0 Å². The number of nitrogens with zero attached hydrogens (tertiary/aromatic N) is 1. The van der Waals surface area contributed by atoms with Crippen molar-refractivity contribution in [3.63, 3.8) is 0 Å². The average molecular weight is 111 g/mol. The molecule has 2 aliphatic rings. The smallest absolute Gasteiger partial charge is 0.0209 e. The van der Waals surface area contributed by atoms with Crippen LogP contribution in [0, 0.1) is 0 Å². The van der Waals surface area contributed by atoms with E-state index in [1.165, 1.54) is 32.4 Å². The average Bonchev–Trinajstić information content (AvgIpc) is 2.63. The molecule has 0 spiro atoms. The summed E-state index contributed by atoms with van der Waals surface area (Å²) in [6.45, 7) is 5.08. The minimum atomic E-state index is 0.736. The van der Waals surface area contributed by atoms with Gasteiger partial charge in [-0.05, 0) is 19.3 Å². The van der Waals surface area contributed by atoms with Crippen molar-refractivity contribution >= 4 is 0 Å². The van der Waals surface area contributed by atoms with E-state index in [1.54, 1.807) is 0 Å². The Balaban J connectivity index is 1.99. The lowest BCUT2D eigenvalue weighted by Crippen LogP contribution is -2.18. The molecule has 0 unspecified atom stereocenters. The third kappa shape index (κ3) is 0.510. The Kier molecular flexibility index (Phi) is 0.762.